The third kappa shape index (κ3) is 5.94. The van der Waals surface area contributed by atoms with Gasteiger partial charge in [-0.1, -0.05) is 0 Å². The Labute approximate surface area is 142 Å². The van der Waals surface area contributed by atoms with Crippen LogP contribution in [0.5, 0.6) is 0 Å². The predicted molar refractivity (Wildman–Crippen MR) is 92.1 cm³/mol. The van der Waals surface area contributed by atoms with Crippen LogP contribution < -0.4 is 10.6 Å². The molecule has 2 N–H and O–H groups in total. The molecule has 0 saturated carbocycles. The lowest BCUT2D eigenvalue weighted by Gasteiger charge is -2.11. The summed E-state index contributed by atoms with van der Waals surface area (Å²) in [5.74, 6) is -0.258. The summed E-state index contributed by atoms with van der Waals surface area (Å²) in [5, 5.41) is 5.66. The first kappa shape index (κ1) is 18.4. The highest BCUT2D eigenvalue weighted by molar-refractivity contribution is 5.96. The normalized spacial score (nSPS) is 17.0. The van der Waals surface area contributed by atoms with E-state index in [1.165, 1.54) is 0 Å². The fourth-order valence-corrected chi connectivity index (χ4v) is 2.41. The van der Waals surface area contributed by atoms with Crippen LogP contribution in [-0.2, 0) is 14.3 Å². The number of hydrogen-bond acceptors (Lipinski definition) is 4. The van der Waals surface area contributed by atoms with E-state index >= 15 is 0 Å². The van der Waals surface area contributed by atoms with Gasteiger partial charge in [0.25, 0.3) is 11.8 Å². The number of benzene rings is 1. The Kier molecular flexibility index (Phi) is 7.21. The molecule has 1 heterocycles. The van der Waals surface area contributed by atoms with Crippen LogP contribution in [0.1, 0.15) is 43.5 Å². The third-order valence-corrected chi connectivity index (χ3v) is 3.69. The molecule has 0 spiro atoms. The minimum atomic E-state index is -0.360. The minimum absolute atomic E-state index is 0.128. The van der Waals surface area contributed by atoms with E-state index in [0.29, 0.717) is 31.0 Å². The van der Waals surface area contributed by atoms with Gasteiger partial charge in [-0.25, -0.2) is 0 Å². The third-order valence-electron chi connectivity index (χ3n) is 3.69. The van der Waals surface area contributed by atoms with Crippen LogP contribution >= 0.6 is 0 Å². The highest BCUT2D eigenvalue weighted by atomic mass is 16.5. The van der Waals surface area contributed by atoms with Gasteiger partial charge in [0.05, 0.1) is 6.10 Å². The second-order valence-electron chi connectivity index (χ2n) is 6.10. The standard InChI is InChI=1S/C18H26N2O4/c1-13(2)23-12-4-10-19-17(21)14-6-8-15(9-7-14)20-18(22)16-5-3-11-24-16/h6-9,13,16H,3-5,10-12H2,1-2H3,(H,19,21)(H,20,22)/t16-/m0/s1. The maximum absolute atomic E-state index is 12.0. The molecule has 1 aliphatic rings. The van der Waals surface area contributed by atoms with Gasteiger partial charge < -0.3 is 20.1 Å². The molecule has 24 heavy (non-hydrogen) atoms. The van der Waals surface area contributed by atoms with Gasteiger partial charge in [-0.05, 0) is 57.4 Å². The summed E-state index contributed by atoms with van der Waals surface area (Å²) in [6.07, 6.45) is 2.30. The van der Waals surface area contributed by atoms with E-state index < -0.39 is 0 Å². The van der Waals surface area contributed by atoms with E-state index in [2.05, 4.69) is 10.6 Å². The molecular weight excluding hydrogens is 308 g/mol. The van der Waals surface area contributed by atoms with E-state index in [-0.39, 0.29) is 24.0 Å². The molecular formula is C18H26N2O4. The zero-order valence-corrected chi connectivity index (χ0v) is 14.3. The van der Waals surface area contributed by atoms with Crippen molar-refractivity contribution < 1.29 is 19.1 Å². The average molecular weight is 334 g/mol. The number of carbonyl (C=O) groups excluding carboxylic acids is 2. The van der Waals surface area contributed by atoms with Gasteiger partial charge in [0.1, 0.15) is 6.10 Å². The van der Waals surface area contributed by atoms with Crippen molar-refractivity contribution in [3.63, 3.8) is 0 Å². The average Bonchev–Trinajstić information content (AvgIpc) is 3.09. The first-order valence-corrected chi connectivity index (χ1v) is 8.48. The van der Waals surface area contributed by atoms with Crippen LogP contribution in [0.2, 0.25) is 0 Å². The van der Waals surface area contributed by atoms with Crippen molar-refractivity contribution in [2.75, 3.05) is 25.1 Å². The van der Waals surface area contributed by atoms with Crippen molar-refractivity contribution in [2.24, 2.45) is 0 Å². The zero-order valence-electron chi connectivity index (χ0n) is 14.3. The van der Waals surface area contributed by atoms with Crippen LogP contribution in [0.15, 0.2) is 24.3 Å². The molecule has 0 unspecified atom stereocenters. The molecule has 1 aromatic carbocycles. The Balaban J connectivity index is 1.74. The number of hydrogen-bond donors (Lipinski definition) is 2. The van der Waals surface area contributed by atoms with E-state index in [9.17, 15) is 9.59 Å². The highest BCUT2D eigenvalue weighted by Crippen LogP contribution is 2.15. The molecule has 132 valence electrons. The first-order chi connectivity index (χ1) is 11.6. The molecule has 1 saturated heterocycles. The van der Waals surface area contributed by atoms with Crippen LogP contribution in [0, 0.1) is 0 Å². The smallest absolute Gasteiger partial charge is 0.253 e. The predicted octanol–water partition coefficient (Wildman–Crippen LogP) is 2.35. The molecule has 0 aromatic heterocycles. The second kappa shape index (κ2) is 9.39. The lowest BCUT2D eigenvalue weighted by molar-refractivity contribution is -0.124. The number of ether oxygens (including phenoxy) is 2. The molecule has 2 rings (SSSR count). The number of amides is 2. The SMILES string of the molecule is CC(C)OCCCNC(=O)c1ccc(NC(=O)[C@@H]2CCCO2)cc1. The summed E-state index contributed by atoms with van der Waals surface area (Å²) in [6, 6.07) is 6.85. The highest BCUT2D eigenvalue weighted by Gasteiger charge is 2.23. The molecule has 6 nitrogen and oxygen atoms in total. The summed E-state index contributed by atoms with van der Waals surface area (Å²) in [5.41, 5.74) is 1.23. The first-order valence-electron chi connectivity index (χ1n) is 8.48. The minimum Gasteiger partial charge on any atom is -0.379 e. The quantitative estimate of drug-likeness (QED) is 0.716. The second-order valence-corrected chi connectivity index (χ2v) is 6.10. The molecule has 0 aliphatic carbocycles. The molecule has 6 heteroatoms. The van der Waals surface area contributed by atoms with E-state index in [1.807, 2.05) is 13.8 Å². The van der Waals surface area contributed by atoms with Gasteiger partial charge in [-0.3, -0.25) is 9.59 Å². The number of nitrogens with one attached hydrogen (secondary N) is 2. The Morgan fingerprint density at radius 1 is 1.29 bits per heavy atom. The maximum Gasteiger partial charge on any atom is 0.253 e. The number of carbonyl (C=O) groups is 2. The van der Waals surface area contributed by atoms with Gasteiger partial charge in [-0.2, -0.15) is 0 Å². The summed E-state index contributed by atoms with van der Waals surface area (Å²) in [4.78, 5) is 24.0. The number of anilines is 1. The van der Waals surface area contributed by atoms with Crippen molar-refractivity contribution in [1.82, 2.24) is 5.32 Å². The van der Waals surface area contributed by atoms with Gasteiger partial charge in [0, 0.05) is 31.0 Å². The van der Waals surface area contributed by atoms with Crippen LogP contribution in [0.4, 0.5) is 5.69 Å². The number of rotatable bonds is 8. The van der Waals surface area contributed by atoms with Crippen molar-refractivity contribution in [3.8, 4) is 0 Å². The summed E-state index contributed by atoms with van der Waals surface area (Å²) >= 11 is 0. The molecule has 0 radical (unpaired) electrons. The summed E-state index contributed by atoms with van der Waals surface area (Å²) < 4.78 is 10.8. The van der Waals surface area contributed by atoms with Gasteiger partial charge >= 0.3 is 0 Å². The Bertz CT molecular complexity index is 536. The van der Waals surface area contributed by atoms with Crippen LogP contribution in [-0.4, -0.2) is 43.8 Å². The Morgan fingerprint density at radius 2 is 2.04 bits per heavy atom. The van der Waals surface area contributed by atoms with E-state index in [4.69, 9.17) is 9.47 Å². The van der Waals surface area contributed by atoms with Crippen molar-refractivity contribution >= 4 is 17.5 Å². The lowest BCUT2D eigenvalue weighted by atomic mass is 10.1. The van der Waals surface area contributed by atoms with Crippen molar-refractivity contribution in [2.45, 2.75) is 45.3 Å². The zero-order chi connectivity index (χ0) is 17.4. The monoisotopic (exact) mass is 334 g/mol. The largest absolute Gasteiger partial charge is 0.379 e. The lowest BCUT2D eigenvalue weighted by Crippen LogP contribution is -2.27. The van der Waals surface area contributed by atoms with E-state index in [0.717, 1.165) is 19.3 Å². The van der Waals surface area contributed by atoms with Crippen LogP contribution in [0.25, 0.3) is 0 Å². The van der Waals surface area contributed by atoms with Gasteiger partial charge in [0.15, 0.2) is 0 Å². The molecule has 1 fully saturated rings. The Morgan fingerprint density at radius 3 is 2.67 bits per heavy atom. The van der Waals surface area contributed by atoms with Gasteiger partial charge in [0.2, 0.25) is 0 Å². The molecule has 0 bridgehead atoms. The fourth-order valence-electron chi connectivity index (χ4n) is 2.41. The van der Waals surface area contributed by atoms with Crippen molar-refractivity contribution in [1.29, 1.82) is 0 Å². The summed E-state index contributed by atoms with van der Waals surface area (Å²) in [7, 11) is 0. The Hall–Kier alpha value is -1.92. The van der Waals surface area contributed by atoms with Gasteiger partial charge in [-0.15, -0.1) is 0 Å². The van der Waals surface area contributed by atoms with E-state index in [1.54, 1.807) is 24.3 Å². The van der Waals surface area contributed by atoms with Crippen LogP contribution in [0.3, 0.4) is 0 Å². The molecule has 1 atom stereocenters. The van der Waals surface area contributed by atoms with Crippen molar-refractivity contribution in [3.05, 3.63) is 29.8 Å². The maximum atomic E-state index is 12.0. The fraction of sp³-hybridized carbons (Fsp3) is 0.556. The summed E-state index contributed by atoms with van der Waals surface area (Å²) in [6.45, 7) is 5.81. The topological polar surface area (TPSA) is 76.7 Å². The molecule has 1 aliphatic heterocycles. The molecule has 1 aromatic rings. The molecule has 2 amide bonds.